The third kappa shape index (κ3) is 3.30. The van der Waals surface area contributed by atoms with Crippen LogP contribution in [0.25, 0.3) is 4.96 Å². The van der Waals surface area contributed by atoms with Crippen molar-refractivity contribution in [3.63, 3.8) is 0 Å². The molecule has 0 atom stereocenters. The molecule has 23 heavy (non-hydrogen) atoms. The van der Waals surface area contributed by atoms with E-state index in [1.165, 1.54) is 11.3 Å². The van der Waals surface area contributed by atoms with Crippen molar-refractivity contribution >= 4 is 39.8 Å². The molecule has 0 aliphatic carbocycles. The number of benzene rings is 1. The summed E-state index contributed by atoms with van der Waals surface area (Å²) in [6, 6.07) is 3.60. The second-order valence-corrected chi connectivity index (χ2v) is 6.43. The van der Waals surface area contributed by atoms with Crippen molar-refractivity contribution in [3.8, 4) is 5.75 Å². The molecule has 0 radical (unpaired) electrons. The van der Waals surface area contributed by atoms with Crippen LogP contribution in [0.4, 0.5) is 5.95 Å². The Labute approximate surface area is 142 Å². The summed E-state index contributed by atoms with van der Waals surface area (Å²) in [4.78, 5) is 16.9. The largest absolute Gasteiger partial charge is 0.484 e. The number of amides is 1. The summed E-state index contributed by atoms with van der Waals surface area (Å²) in [5, 5.41) is 9.51. The molecule has 0 fully saturated rings. The topological polar surface area (TPSA) is 68.5 Å². The van der Waals surface area contributed by atoms with Crippen LogP contribution in [0.5, 0.6) is 5.75 Å². The van der Waals surface area contributed by atoms with E-state index in [1.54, 1.807) is 16.6 Å². The molecule has 3 aromatic rings. The third-order valence-electron chi connectivity index (χ3n) is 3.28. The molecule has 1 N–H and O–H groups in total. The highest BCUT2D eigenvalue weighted by atomic mass is 35.5. The van der Waals surface area contributed by atoms with Gasteiger partial charge >= 0.3 is 0 Å². The summed E-state index contributed by atoms with van der Waals surface area (Å²) < 4.78 is 7.19. The molecule has 1 amide bonds. The zero-order valence-electron chi connectivity index (χ0n) is 12.9. The molecule has 0 saturated heterocycles. The van der Waals surface area contributed by atoms with Crippen molar-refractivity contribution in [3.05, 3.63) is 39.4 Å². The smallest absolute Gasteiger partial charge is 0.264 e. The average molecular weight is 351 g/mol. The van der Waals surface area contributed by atoms with E-state index in [0.717, 1.165) is 21.8 Å². The van der Waals surface area contributed by atoms with Crippen LogP contribution >= 0.6 is 22.9 Å². The molecule has 0 aliphatic heterocycles. The fraction of sp³-hybridized carbons (Fsp3) is 0.267. The van der Waals surface area contributed by atoms with Gasteiger partial charge in [-0.3, -0.25) is 10.1 Å². The Balaban J connectivity index is 1.63. The molecule has 2 aromatic heterocycles. The summed E-state index contributed by atoms with van der Waals surface area (Å²) in [6.45, 7) is 5.60. The third-order valence-corrected chi connectivity index (χ3v) is 4.81. The van der Waals surface area contributed by atoms with Gasteiger partial charge in [-0.15, -0.1) is 16.4 Å². The van der Waals surface area contributed by atoms with E-state index in [1.807, 2.05) is 26.2 Å². The van der Waals surface area contributed by atoms with E-state index in [-0.39, 0.29) is 18.5 Å². The lowest BCUT2D eigenvalue weighted by atomic mass is 10.1. The number of hydrogen-bond acceptors (Lipinski definition) is 5. The molecule has 1 aromatic carbocycles. The van der Waals surface area contributed by atoms with Crippen LogP contribution in [0.15, 0.2) is 17.5 Å². The second-order valence-electron chi connectivity index (χ2n) is 5.21. The monoisotopic (exact) mass is 350 g/mol. The molecular formula is C15H15ClN4O2S. The molecule has 0 bridgehead atoms. The standard InChI is InChI=1S/C15H15ClN4O2S/c1-8-4-11(5-9(2)13(8)16)22-6-12(21)17-14-18-15-20(19-14)10(3)7-23-15/h4-5,7H,6H2,1-3H3,(H,17,19,21). The van der Waals surface area contributed by atoms with Crippen molar-refractivity contribution < 1.29 is 9.53 Å². The molecule has 2 heterocycles. The lowest BCUT2D eigenvalue weighted by Crippen LogP contribution is -2.21. The minimum Gasteiger partial charge on any atom is -0.484 e. The van der Waals surface area contributed by atoms with Gasteiger partial charge in [-0.25, -0.2) is 4.52 Å². The molecule has 8 heteroatoms. The first kappa shape index (κ1) is 15.8. The number of hydrogen-bond donors (Lipinski definition) is 1. The van der Waals surface area contributed by atoms with Crippen molar-refractivity contribution in [1.29, 1.82) is 0 Å². The number of thiazole rings is 1. The van der Waals surface area contributed by atoms with Crippen molar-refractivity contribution in [2.24, 2.45) is 0 Å². The first-order valence-electron chi connectivity index (χ1n) is 6.94. The van der Waals surface area contributed by atoms with E-state index >= 15 is 0 Å². The second kappa shape index (κ2) is 6.17. The van der Waals surface area contributed by atoms with Crippen LogP contribution in [-0.2, 0) is 4.79 Å². The van der Waals surface area contributed by atoms with Crippen molar-refractivity contribution in [2.75, 3.05) is 11.9 Å². The first-order valence-corrected chi connectivity index (χ1v) is 8.20. The predicted octanol–water partition coefficient (Wildman–Crippen LogP) is 3.39. The summed E-state index contributed by atoms with van der Waals surface area (Å²) in [5.74, 6) is 0.567. The highest BCUT2D eigenvalue weighted by molar-refractivity contribution is 7.15. The van der Waals surface area contributed by atoms with Crippen LogP contribution < -0.4 is 10.1 Å². The number of anilines is 1. The maximum absolute atomic E-state index is 12.0. The van der Waals surface area contributed by atoms with Gasteiger partial charge in [0.2, 0.25) is 4.96 Å². The highest BCUT2D eigenvalue weighted by Gasteiger charge is 2.11. The fourth-order valence-corrected chi connectivity index (χ4v) is 3.05. The normalized spacial score (nSPS) is 11.0. The van der Waals surface area contributed by atoms with Gasteiger partial charge in [0.15, 0.2) is 6.61 Å². The number of ether oxygens (including phenoxy) is 1. The fourth-order valence-electron chi connectivity index (χ4n) is 2.14. The van der Waals surface area contributed by atoms with Gasteiger partial charge in [-0.1, -0.05) is 11.6 Å². The van der Waals surface area contributed by atoms with E-state index in [9.17, 15) is 4.79 Å². The van der Waals surface area contributed by atoms with E-state index in [0.29, 0.717) is 10.8 Å². The summed E-state index contributed by atoms with van der Waals surface area (Å²) >= 11 is 7.58. The molecule has 6 nitrogen and oxygen atoms in total. The van der Waals surface area contributed by atoms with Gasteiger partial charge in [-0.2, -0.15) is 4.98 Å². The minimum absolute atomic E-state index is 0.119. The molecule has 0 unspecified atom stereocenters. The number of nitrogens with one attached hydrogen (secondary N) is 1. The Morgan fingerprint density at radius 2 is 2.04 bits per heavy atom. The Hall–Kier alpha value is -2.12. The number of aromatic nitrogens is 3. The minimum atomic E-state index is -0.314. The van der Waals surface area contributed by atoms with Crippen LogP contribution in [0, 0.1) is 20.8 Å². The number of aryl methyl sites for hydroxylation is 3. The maximum atomic E-state index is 12.0. The number of nitrogens with zero attached hydrogens (tertiary/aromatic N) is 3. The quantitative estimate of drug-likeness (QED) is 0.783. The molecule has 0 aliphatic rings. The van der Waals surface area contributed by atoms with E-state index in [4.69, 9.17) is 16.3 Å². The van der Waals surface area contributed by atoms with Crippen molar-refractivity contribution in [2.45, 2.75) is 20.8 Å². The maximum Gasteiger partial charge on any atom is 0.264 e. The summed E-state index contributed by atoms with van der Waals surface area (Å²) in [5.41, 5.74) is 2.79. The lowest BCUT2D eigenvalue weighted by Gasteiger charge is -2.09. The molecule has 120 valence electrons. The lowest BCUT2D eigenvalue weighted by molar-refractivity contribution is -0.118. The summed E-state index contributed by atoms with van der Waals surface area (Å²) in [6.07, 6.45) is 0. The Morgan fingerprint density at radius 3 is 2.70 bits per heavy atom. The zero-order valence-corrected chi connectivity index (χ0v) is 14.5. The zero-order chi connectivity index (χ0) is 16.6. The van der Waals surface area contributed by atoms with Crippen LogP contribution in [0.3, 0.4) is 0 Å². The van der Waals surface area contributed by atoms with Gasteiger partial charge < -0.3 is 4.74 Å². The van der Waals surface area contributed by atoms with Crippen LogP contribution in [-0.4, -0.2) is 27.1 Å². The number of rotatable bonds is 4. The van der Waals surface area contributed by atoms with E-state index < -0.39 is 0 Å². The number of carbonyl (C=O) groups is 1. The number of carbonyl (C=O) groups excluding carboxylic acids is 1. The first-order chi connectivity index (χ1) is 10.9. The predicted molar refractivity (Wildman–Crippen MR) is 90.7 cm³/mol. The van der Waals surface area contributed by atoms with Crippen LogP contribution in [0.2, 0.25) is 5.02 Å². The van der Waals surface area contributed by atoms with Gasteiger partial charge in [0.1, 0.15) is 5.75 Å². The van der Waals surface area contributed by atoms with Gasteiger partial charge in [0.25, 0.3) is 11.9 Å². The Morgan fingerprint density at radius 1 is 1.35 bits per heavy atom. The van der Waals surface area contributed by atoms with Gasteiger partial charge in [0, 0.05) is 10.4 Å². The molecule has 0 saturated carbocycles. The number of halogens is 1. The summed E-state index contributed by atoms with van der Waals surface area (Å²) in [7, 11) is 0. The van der Waals surface area contributed by atoms with Gasteiger partial charge in [-0.05, 0) is 44.0 Å². The Bertz CT molecular complexity index is 864. The SMILES string of the molecule is Cc1cc(OCC(=O)Nc2nc3scc(C)n3n2)cc(C)c1Cl. The van der Waals surface area contributed by atoms with Crippen LogP contribution in [0.1, 0.15) is 16.8 Å². The molecule has 3 rings (SSSR count). The molecular weight excluding hydrogens is 336 g/mol. The van der Waals surface area contributed by atoms with Crippen molar-refractivity contribution in [1.82, 2.24) is 14.6 Å². The Kier molecular flexibility index (Phi) is 4.23. The van der Waals surface area contributed by atoms with Gasteiger partial charge in [0.05, 0.1) is 5.69 Å². The number of fused-ring (bicyclic) bond motifs is 1. The highest BCUT2D eigenvalue weighted by Crippen LogP contribution is 2.25. The average Bonchev–Trinajstić information content (AvgIpc) is 3.04. The molecule has 0 spiro atoms. The van der Waals surface area contributed by atoms with E-state index in [2.05, 4.69) is 15.4 Å².